The average Bonchev–Trinajstić information content (AvgIpc) is 3.38. The molecule has 2 aromatic heterocycles. The molecule has 0 aliphatic carbocycles. The lowest BCUT2D eigenvalue weighted by Gasteiger charge is -2.32. The van der Waals surface area contributed by atoms with Crippen molar-refractivity contribution in [3.05, 3.63) is 88.1 Å². The van der Waals surface area contributed by atoms with Gasteiger partial charge in [0.25, 0.3) is 5.56 Å². The molecule has 1 fully saturated rings. The van der Waals surface area contributed by atoms with Crippen LogP contribution >= 0.6 is 0 Å². The number of nitrogens with zero attached hydrogens (tertiary/aromatic N) is 4. The molecule has 0 saturated carbocycles. The molecule has 0 unspecified atom stereocenters. The highest BCUT2D eigenvalue weighted by atomic mass is 19.1. The fraction of sp³-hybridized carbons (Fsp3) is 0.267. The van der Waals surface area contributed by atoms with Gasteiger partial charge in [0.1, 0.15) is 5.82 Å². The third-order valence-electron chi connectivity index (χ3n) is 7.51. The van der Waals surface area contributed by atoms with Gasteiger partial charge in [-0.15, -0.1) is 0 Å². The van der Waals surface area contributed by atoms with Gasteiger partial charge in [-0.05, 0) is 48.5 Å². The van der Waals surface area contributed by atoms with E-state index in [4.69, 9.17) is 0 Å². The Hall–Kier alpha value is -4.61. The zero-order valence-electron chi connectivity index (χ0n) is 22.7. The Labute approximate surface area is 235 Å². The zero-order valence-corrected chi connectivity index (χ0v) is 22.7. The number of hydrogen-bond donors (Lipinski definition) is 4. The molecule has 1 aliphatic rings. The van der Waals surface area contributed by atoms with Crippen molar-refractivity contribution in [3.63, 3.8) is 0 Å². The summed E-state index contributed by atoms with van der Waals surface area (Å²) in [5.41, 5.74) is 3.73. The number of urea groups is 1. The quantitative estimate of drug-likeness (QED) is 0.244. The molecule has 0 spiro atoms. The molecular weight excluding hydrogens is 523 g/mol. The summed E-state index contributed by atoms with van der Waals surface area (Å²) in [6.07, 6.45) is 0.424. The number of anilines is 1. The standard InChI is InChI=1S/C30H31FN8O2/c1-38-12-14-39(15-13-38)11-10-32-30(41)35-29-33-25-9-7-20(18-27(25)34-29)23-16-19(6-8-24(23)31)17-26-21-4-2-3-5-22(21)28(40)37-36-26/h2-9,16,18H,10-15,17H2,1H3,(H,37,40)(H3,32,33,34,35,41). The summed E-state index contributed by atoms with van der Waals surface area (Å²) in [7, 11) is 2.11. The number of likely N-dealkylation sites (N-methyl/N-ethyl adjacent to an activating group) is 1. The molecule has 6 rings (SSSR count). The van der Waals surface area contributed by atoms with Gasteiger partial charge in [0.2, 0.25) is 5.95 Å². The van der Waals surface area contributed by atoms with Crippen LogP contribution in [0.25, 0.3) is 32.9 Å². The molecule has 10 nitrogen and oxygen atoms in total. The Kier molecular flexibility index (Phi) is 7.45. The second kappa shape index (κ2) is 11.5. The third kappa shape index (κ3) is 5.96. The van der Waals surface area contributed by atoms with E-state index in [1.54, 1.807) is 24.3 Å². The Morgan fingerprint density at radius 1 is 1.02 bits per heavy atom. The van der Waals surface area contributed by atoms with Crippen LogP contribution in [-0.4, -0.2) is 82.3 Å². The number of piperazine rings is 1. The second-order valence-electron chi connectivity index (χ2n) is 10.4. The van der Waals surface area contributed by atoms with Gasteiger partial charge in [0, 0.05) is 56.6 Å². The smallest absolute Gasteiger partial charge is 0.321 e. The number of H-pyrrole nitrogens is 2. The number of aromatic amines is 2. The van der Waals surface area contributed by atoms with Gasteiger partial charge in [-0.25, -0.2) is 19.3 Å². The number of hydrogen-bond acceptors (Lipinski definition) is 6. The molecule has 11 heteroatoms. The molecule has 3 aromatic carbocycles. The van der Waals surface area contributed by atoms with Crippen molar-refractivity contribution in [1.29, 1.82) is 0 Å². The van der Waals surface area contributed by atoms with Gasteiger partial charge >= 0.3 is 6.03 Å². The van der Waals surface area contributed by atoms with E-state index in [0.717, 1.165) is 49.2 Å². The van der Waals surface area contributed by atoms with Crippen molar-refractivity contribution >= 4 is 33.8 Å². The van der Waals surface area contributed by atoms with Crippen molar-refractivity contribution in [2.45, 2.75) is 6.42 Å². The molecule has 41 heavy (non-hydrogen) atoms. The molecule has 4 N–H and O–H groups in total. The van der Waals surface area contributed by atoms with Crippen molar-refractivity contribution in [2.24, 2.45) is 0 Å². The first-order valence-electron chi connectivity index (χ1n) is 13.6. The molecule has 0 atom stereocenters. The van der Waals surface area contributed by atoms with E-state index < -0.39 is 0 Å². The summed E-state index contributed by atoms with van der Waals surface area (Å²) in [6, 6.07) is 17.3. The summed E-state index contributed by atoms with van der Waals surface area (Å²) < 4.78 is 15.0. The van der Waals surface area contributed by atoms with Gasteiger partial charge in [0.15, 0.2) is 0 Å². The summed E-state index contributed by atoms with van der Waals surface area (Å²) in [5, 5.41) is 13.8. The number of rotatable bonds is 7. The molecule has 210 valence electrons. The molecule has 1 saturated heterocycles. The van der Waals surface area contributed by atoms with Crippen LogP contribution in [0.3, 0.4) is 0 Å². The maximum Gasteiger partial charge on any atom is 0.321 e. The van der Waals surface area contributed by atoms with E-state index in [0.29, 0.717) is 46.6 Å². The van der Waals surface area contributed by atoms with Crippen LogP contribution in [0.4, 0.5) is 15.1 Å². The largest absolute Gasteiger partial charge is 0.337 e. The Balaban J connectivity index is 1.15. The number of nitrogens with one attached hydrogen (secondary N) is 4. The molecule has 0 bridgehead atoms. The van der Waals surface area contributed by atoms with Crippen molar-refractivity contribution in [1.82, 2.24) is 35.3 Å². The molecule has 1 aliphatic heterocycles. The maximum atomic E-state index is 15.0. The van der Waals surface area contributed by atoms with Crippen molar-refractivity contribution in [3.8, 4) is 11.1 Å². The summed E-state index contributed by atoms with van der Waals surface area (Å²) in [6.45, 7) is 5.39. The summed E-state index contributed by atoms with van der Waals surface area (Å²) in [5.74, 6) is -0.0412. The molecule has 3 heterocycles. The number of aromatic nitrogens is 4. The molecule has 0 radical (unpaired) electrons. The lowest BCUT2D eigenvalue weighted by molar-refractivity contribution is 0.155. The predicted octanol–water partition coefficient (Wildman–Crippen LogP) is 3.57. The van der Waals surface area contributed by atoms with Crippen LogP contribution < -0.4 is 16.2 Å². The minimum Gasteiger partial charge on any atom is -0.337 e. The number of fused-ring (bicyclic) bond motifs is 2. The molecule has 2 amide bonds. The van der Waals surface area contributed by atoms with Crippen LogP contribution in [0, 0.1) is 5.82 Å². The van der Waals surface area contributed by atoms with Crippen LogP contribution in [0.1, 0.15) is 11.3 Å². The van der Waals surface area contributed by atoms with Crippen LogP contribution in [0.5, 0.6) is 0 Å². The zero-order chi connectivity index (χ0) is 28.3. The summed E-state index contributed by atoms with van der Waals surface area (Å²) >= 11 is 0. The minimum absolute atomic E-state index is 0.242. The Morgan fingerprint density at radius 3 is 2.66 bits per heavy atom. The number of halogens is 1. The average molecular weight is 555 g/mol. The SMILES string of the molecule is CN1CCN(CCNC(=O)Nc2nc3cc(-c4cc(Cc5n[nH]c(=O)c6ccccc56)ccc4F)ccc3[nH]2)CC1. The van der Waals surface area contributed by atoms with Crippen LogP contribution in [0.2, 0.25) is 0 Å². The van der Waals surface area contributed by atoms with Crippen LogP contribution in [-0.2, 0) is 6.42 Å². The number of carbonyl (C=O) groups is 1. The van der Waals surface area contributed by atoms with E-state index in [1.807, 2.05) is 30.3 Å². The van der Waals surface area contributed by atoms with Gasteiger partial charge in [0.05, 0.1) is 22.1 Å². The third-order valence-corrected chi connectivity index (χ3v) is 7.51. The first kappa shape index (κ1) is 26.6. The molecule has 5 aromatic rings. The van der Waals surface area contributed by atoms with E-state index in [-0.39, 0.29) is 17.4 Å². The first-order valence-corrected chi connectivity index (χ1v) is 13.6. The highest BCUT2D eigenvalue weighted by Gasteiger charge is 2.15. The number of benzene rings is 3. The van der Waals surface area contributed by atoms with E-state index in [9.17, 15) is 14.0 Å². The second-order valence-corrected chi connectivity index (χ2v) is 10.4. The number of imidazole rings is 1. The lowest BCUT2D eigenvalue weighted by Crippen LogP contribution is -2.47. The molecular formula is C30H31FN8O2. The highest BCUT2D eigenvalue weighted by molar-refractivity contribution is 5.91. The van der Waals surface area contributed by atoms with Gasteiger partial charge in [-0.2, -0.15) is 5.10 Å². The van der Waals surface area contributed by atoms with Gasteiger partial charge < -0.3 is 15.2 Å². The van der Waals surface area contributed by atoms with E-state index in [1.165, 1.54) is 6.07 Å². The minimum atomic E-state index is -0.360. The number of carbonyl (C=O) groups excluding carboxylic acids is 1. The van der Waals surface area contributed by atoms with Gasteiger partial charge in [-0.1, -0.05) is 30.3 Å². The van der Waals surface area contributed by atoms with Crippen LogP contribution in [0.15, 0.2) is 65.5 Å². The monoisotopic (exact) mass is 554 g/mol. The highest BCUT2D eigenvalue weighted by Crippen LogP contribution is 2.28. The number of amides is 2. The van der Waals surface area contributed by atoms with Gasteiger partial charge in [-0.3, -0.25) is 15.0 Å². The van der Waals surface area contributed by atoms with Crippen molar-refractivity contribution < 1.29 is 9.18 Å². The predicted molar refractivity (Wildman–Crippen MR) is 158 cm³/mol. The topological polar surface area (TPSA) is 122 Å². The fourth-order valence-electron chi connectivity index (χ4n) is 5.19. The van der Waals surface area contributed by atoms with Crippen molar-refractivity contribution in [2.75, 3.05) is 51.6 Å². The summed E-state index contributed by atoms with van der Waals surface area (Å²) in [4.78, 5) is 36.8. The normalized spacial score (nSPS) is 14.5. The fourth-order valence-corrected chi connectivity index (χ4v) is 5.19. The maximum absolute atomic E-state index is 15.0. The Bertz CT molecular complexity index is 1770. The van der Waals surface area contributed by atoms with E-state index in [2.05, 4.69) is 47.6 Å². The lowest BCUT2D eigenvalue weighted by atomic mass is 9.98. The van der Waals surface area contributed by atoms with E-state index >= 15 is 0 Å². The first-order chi connectivity index (χ1) is 19.9. The Morgan fingerprint density at radius 2 is 1.83 bits per heavy atom.